The van der Waals surface area contributed by atoms with Crippen molar-refractivity contribution < 1.29 is 14.7 Å². The second-order valence-corrected chi connectivity index (χ2v) is 4.83. The standard InChI is InChI=1S/C11H15NO3/c1-11(2)7(8(11)10(14)15)9(13)12-5-3-4-6-12/h3-4,7-8H,5-6H2,1-2H3,(H,14,15)/t7-,8+/m1/s1. The number of carbonyl (C=O) groups excluding carboxylic acids is 1. The van der Waals surface area contributed by atoms with Crippen molar-refractivity contribution in [1.82, 2.24) is 4.90 Å². The number of rotatable bonds is 2. The summed E-state index contributed by atoms with van der Waals surface area (Å²) in [6.45, 7) is 4.94. The van der Waals surface area contributed by atoms with Crippen LogP contribution in [0.1, 0.15) is 13.8 Å². The van der Waals surface area contributed by atoms with Gasteiger partial charge in [-0.15, -0.1) is 0 Å². The number of nitrogens with zero attached hydrogens (tertiary/aromatic N) is 1. The van der Waals surface area contributed by atoms with Gasteiger partial charge in [0.05, 0.1) is 11.8 Å². The Balaban J connectivity index is 2.07. The molecule has 4 heteroatoms. The summed E-state index contributed by atoms with van der Waals surface area (Å²) in [5, 5.41) is 8.96. The minimum Gasteiger partial charge on any atom is -0.481 e. The van der Waals surface area contributed by atoms with Gasteiger partial charge in [-0.3, -0.25) is 9.59 Å². The zero-order valence-corrected chi connectivity index (χ0v) is 8.93. The maximum absolute atomic E-state index is 12.0. The molecule has 0 unspecified atom stereocenters. The summed E-state index contributed by atoms with van der Waals surface area (Å²) in [5.74, 6) is -1.72. The molecular weight excluding hydrogens is 194 g/mol. The predicted octanol–water partition coefficient (Wildman–Crippen LogP) is 0.742. The van der Waals surface area contributed by atoms with E-state index in [1.807, 2.05) is 26.0 Å². The number of carboxylic acid groups (broad SMARTS) is 1. The van der Waals surface area contributed by atoms with Crippen LogP contribution < -0.4 is 0 Å². The average Bonchev–Trinajstić information content (AvgIpc) is 2.57. The molecule has 15 heavy (non-hydrogen) atoms. The summed E-state index contributed by atoms with van der Waals surface area (Å²) < 4.78 is 0. The summed E-state index contributed by atoms with van der Waals surface area (Å²) in [7, 11) is 0. The van der Waals surface area contributed by atoms with Gasteiger partial charge < -0.3 is 10.0 Å². The average molecular weight is 209 g/mol. The van der Waals surface area contributed by atoms with Crippen LogP contribution >= 0.6 is 0 Å². The Hall–Kier alpha value is -1.32. The Morgan fingerprint density at radius 1 is 1.27 bits per heavy atom. The van der Waals surface area contributed by atoms with Crippen molar-refractivity contribution in [2.45, 2.75) is 13.8 Å². The number of amides is 1. The van der Waals surface area contributed by atoms with Crippen LogP contribution in [0.15, 0.2) is 12.2 Å². The molecule has 1 aliphatic heterocycles. The summed E-state index contributed by atoms with van der Waals surface area (Å²) in [5.41, 5.74) is -0.383. The van der Waals surface area contributed by atoms with Gasteiger partial charge in [-0.05, 0) is 5.41 Å². The molecule has 0 bridgehead atoms. The van der Waals surface area contributed by atoms with Crippen molar-refractivity contribution in [3.8, 4) is 0 Å². The van der Waals surface area contributed by atoms with Crippen molar-refractivity contribution in [2.75, 3.05) is 13.1 Å². The molecule has 1 heterocycles. The van der Waals surface area contributed by atoms with Gasteiger partial charge in [0.25, 0.3) is 0 Å². The molecule has 2 aliphatic rings. The normalized spacial score (nSPS) is 31.7. The van der Waals surface area contributed by atoms with E-state index in [0.29, 0.717) is 13.1 Å². The van der Waals surface area contributed by atoms with Crippen LogP contribution in [0.2, 0.25) is 0 Å². The number of carboxylic acids is 1. The first-order valence-electron chi connectivity index (χ1n) is 5.13. The molecule has 0 radical (unpaired) electrons. The van der Waals surface area contributed by atoms with Crippen LogP contribution in [0.25, 0.3) is 0 Å². The molecule has 82 valence electrons. The first-order valence-corrected chi connectivity index (χ1v) is 5.13. The van der Waals surface area contributed by atoms with Gasteiger partial charge in [0.2, 0.25) is 5.91 Å². The third-order valence-corrected chi connectivity index (χ3v) is 3.49. The molecular formula is C11H15NO3. The highest BCUT2D eigenvalue weighted by Crippen LogP contribution is 2.59. The second-order valence-electron chi connectivity index (χ2n) is 4.83. The molecule has 1 aliphatic carbocycles. The lowest BCUT2D eigenvalue weighted by Gasteiger charge is -2.15. The highest BCUT2D eigenvalue weighted by atomic mass is 16.4. The van der Waals surface area contributed by atoms with E-state index < -0.39 is 11.9 Å². The Kier molecular flexibility index (Phi) is 2.10. The largest absolute Gasteiger partial charge is 0.481 e. The van der Waals surface area contributed by atoms with E-state index >= 15 is 0 Å². The maximum atomic E-state index is 12.0. The minimum atomic E-state index is -0.856. The Bertz CT molecular complexity index is 338. The molecule has 0 aromatic carbocycles. The van der Waals surface area contributed by atoms with Gasteiger partial charge >= 0.3 is 5.97 Å². The van der Waals surface area contributed by atoms with Crippen molar-refractivity contribution in [3.05, 3.63) is 12.2 Å². The molecule has 2 rings (SSSR count). The van der Waals surface area contributed by atoms with Crippen molar-refractivity contribution in [3.63, 3.8) is 0 Å². The van der Waals surface area contributed by atoms with E-state index in [4.69, 9.17) is 5.11 Å². The molecule has 0 aromatic heterocycles. The number of hydrogen-bond acceptors (Lipinski definition) is 2. The molecule has 0 aromatic rings. The van der Waals surface area contributed by atoms with Crippen molar-refractivity contribution in [1.29, 1.82) is 0 Å². The molecule has 0 spiro atoms. The van der Waals surface area contributed by atoms with E-state index in [1.165, 1.54) is 0 Å². The highest BCUT2D eigenvalue weighted by molar-refractivity contribution is 5.92. The zero-order valence-electron chi connectivity index (χ0n) is 8.93. The summed E-state index contributed by atoms with van der Waals surface area (Å²) >= 11 is 0. The number of hydrogen-bond donors (Lipinski definition) is 1. The Morgan fingerprint density at radius 3 is 2.20 bits per heavy atom. The maximum Gasteiger partial charge on any atom is 0.307 e. The predicted molar refractivity (Wildman–Crippen MR) is 54.1 cm³/mol. The van der Waals surface area contributed by atoms with Crippen LogP contribution in [0, 0.1) is 17.3 Å². The fourth-order valence-electron chi connectivity index (χ4n) is 2.41. The quantitative estimate of drug-likeness (QED) is 0.682. The molecule has 1 saturated carbocycles. The molecule has 1 amide bonds. The van der Waals surface area contributed by atoms with Gasteiger partial charge in [-0.2, -0.15) is 0 Å². The first kappa shape index (κ1) is 10.2. The fraction of sp³-hybridized carbons (Fsp3) is 0.636. The van der Waals surface area contributed by atoms with Crippen molar-refractivity contribution in [2.24, 2.45) is 17.3 Å². The summed E-state index contributed by atoms with van der Waals surface area (Å²) in [6, 6.07) is 0. The molecule has 2 atom stereocenters. The van der Waals surface area contributed by atoms with Crippen LogP contribution in [0.3, 0.4) is 0 Å². The van der Waals surface area contributed by atoms with Crippen LogP contribution in [-0.4, -0.2) is 35.0 Å². The minimum absolute atomic E-state index is 0.0163. The second kappa shape index (κ2) is 3.08. The topological polar surface area (TPSA) is 57.6 Å². The first-order chi connectivity index (χ1) is 6.96. The van der Waals surface area contributed by atoms with E-state index in [2.05, 4.69) is 0 Å². The number of carbonyl (C=O) groups is 2. The summed E-state index contributed by atoms with van der Waals surface area (Å²) in [4.78, 5) is 24.6. The third-order valence-electron chi connectivity index (χ3n) is 3.49. The van der Waals surface area contributed by atoms with E-state index in [9.17, 15) is 9.59 Å². The van der Waals surface area contributed by atoms with Gasteiger partial charge in [0.1, 0.15) is 0 Å². The molecule has 1 N–H and O–H groups in total. The number of aliphatic carboxylic acids is 1. The van der Waals surface area contributed by atoms with Gasteiger partial charge in [0.15, 0.2) is 0 Å². The zero-order chi connectivity index (χ0) is 11.2. The Morgan fingerprint density at radius 2 is 1.80 bits per heavy atom. The monoisotopic (exact) mass is 209 g/mol. The van der Waals surface area contributed by atoms with Gasteiger partial charge in [-0.25, -0.2) is 0 Å². The van der Waals surface area contributed by atoms with Gasteiger partial charge in [-0.1, -0.05) is 26.0 Å². The summed E-state index contributed by atoms with van der Waals surface area (Å²) in [6.07, 6.45) is 3.87. The van der Waals surface area contributed by atoms with E-state index in [1.54, 1.807) is 4.90 Å². The molecule has 1 fully saturated rings. The Labute approximate surface area is 88.6 Å². The smallest absolute Gasteiger partial charge is 0.307 e. The lowest BCUT2D eigenvalue weighted by atomic mass is 10.1. The lowest BCUT2D eigenvalue weighted by molar-refractivity contribution is -0.141. The molecule has 0 saturated heterocycles. The van der Waals surface area contributed by atoms with Crippen LogP contribution in [-0.2, 0) is 9.59 Å². The molecule has 4 nitrogen and oxygen atoms in total. The van der Waals surface area contributed by atoms with Gasteiger partial charge in [0, 0.05) is 13.1 Å². The highest BCUT2D eigenvalue weighted by Gasteiger charge is 2.66. The van der Waals surface area contributed by atoms with Crippen LogP contribution in [0.5, 0.6) is 0 Å². The van der Waals surface area contributed by atoms with Crippen LogP contribution in [0.4, 0.5) is 0 Å². The fourth-order valence-corrected chi connectivity index (χ4v) is 2.41. The lowest BCUT2D eigenvalue weighted by Crippen LogP contribution is -2.31. The van der Waals surface area contributed by atoms with E-state index in [-0.39, 0.29) is 17.2 Å². The SMILES string of the molecule is CC1(C)[C@H](C(=O)O)[C@@H]1C(=O)N1CC=CC1. The third kappa shape index (κ3) is 1.44. The van der Waals surface area contributed by atoms with Crippen molar-refractivity contribution >= 4 is 11.9 Å². The van der Waals surface area contributed by atoms with E-state index in [0.717, 1.165) is 0 Å².